The van der Waals surface area contributed by atoms with Crippen molar-refractivity contribution in [1.29, 1.82) is 0 Å². The molecule has 1 heterocycles. The van der Waals surface area contributed by atoms with Crippen molar-refractivity contribution in [3.05, 3.63) is 54.1 Å². The van der Waals surface area contributed by atoms with Crippen molar-refractivity contribution in [2.24, 2.45) is 5.73 Å². The predicted octanol–water partition coefficient (Wildman–Crippen LogP) is 1.70. The molecule has 2 aromatic rings. The maximum Gasteiger partial charge on any atom is 0.231 e. The van der Waals surface area contributed by atoms with Crippen LogP contribution in [0.2, 0.25) is 0 Å². The van der Waals surface area contributed by atoms with Gasteiger partial charge in [0.2, 0.25) is 6.79 Å². The van der Waals surface area contributed by atoms with Gasteiger partial charge in [0.15, 0.2) is 21.3 Å². The van der Waals surface area contributed by atoms with Gasteiger partial charge in [0.05, 0.1) is 22.3 Å². The molecule has 2 aromatic carbocycles. The highest BCUT2D eigenvalue weighted by Gasteiger charge is 2.69. The van der Waals surface area contributed by atoms with E-state index in [1.807, 2.05) is 12.1 Å². The summed E-state index contributed by atoms with van der Waals surface area (Å²) in [7, 11) is -2.06. The summed E-state index contributed by atoms with van der Waals surface area (Å²) in [6.07, 6.45) is 0. The molecule has 0 unspecified atom stereocenters. The first-order valence-corrected chi connectivity index (χ1v) is 9.49. The van der Waals surface area contributed by atoms with Gasteiger partial charge in [0, 0.05) is 13.0 Å². The smallest absolute Gasteiger partial charge is 0.231 e. The normalized spacial score (nSPS) is 27.3. The minimum Gasteiger partial charge on any atom is -0.454 e. The Kier molecular flexibility index (Phi) is 3.75. The highest BCUT2D eigenvalue weighted by atomic mass is 32.2. The quantitative estimate of drug-likeness (QED) is 0.872. The lowest BCUT2D eigenvalue weighted by molar-refractivity contribution is 0.171. The van der Waals surface area contributed by atoms with E-state index in [2.05, 4.69) is 0 Å². The predicted molar refractivity (Wildman–Crippen MR) is 91.5 cm³/mol. The van der Waals surface area contributed by atoms with E-state index in [0.717, 1.165) is 5.56 Å². The molecule has 1 aliphatic heterocycles. The third-order valence-electron chi connectivity index (χ3n) is 4.86. The Morgan fingerprint density at radius 2 is 1.88 bits per heavy atom. The number of nitrogens with two attached hydrogens (primary N) is 1. The average Bonchev–Trinajstić information content (AvgIpc) is 2.99. The maximum atomic E-state index is 13.1. The van der Waals surface area contributed by atoms with Gasteiger partial charge in [-0.05, 0) is 29.8 Å². The monoisotopic (exact) mass is 361 g/mol. The molecular formula is C18H19NO5S. The fourth-order valence-corrected chi connectivity index (χ4v) is 5.97. The molecule has 132 valence electrons. The zero-order chi connectivity index (χ0) is 17.7. The standard InChI is InChI=1S/C18H19NO5S/c1-22-10-18(19)16(12-7-8-14-15(9-12)24-11-23-14)17(18)25(20,21)13-5-3-2-4-6-13/h2-9,16-17H,10-11,19H2,1H3/t16-,17+,18+/m1/s1. The van der Waals surface area contributed by atoms with Crippen molar-refractivity contribution in [3.63, 3.8) is 0 Å². The van der Waals surface area contributed by atoms with Crippen LogP contribution in [0.4, 0.5) is 0 Å². The van der Waals surface area contributed by atoms with Gasteiger partial charge in [-0.1, -0.05) is 24.3 Å². The average molecular weight is 361 g/mol. The summed E-state index contributed by atoms with van der Waals surface area (Å²) in [5.41, 5.74) is 6.31. The van der Waals surface area contributed by atoms with Crippen LogP contribution in [-0.4, -0.2) is 39.7 Å². The molecule has 4 rings (SSSR count). The lowest BCUT2D eigenvalue weighted by atomic mass is 10.1. The Morgan fingerprint density at radius 3 is 2.60 bits per heavy atom. The van der Waals surface area contributed by atoms with Gasteiger partial charge >= 0.3 is 0 Å². The second kappa shape index (κ2) is 5.72. The molecular weight excluding hydrogens is 342 g/mol. The summed E-state index contributed by atoms with van der Waals surface area (Å²) in [5.74, 6) is 0.897. The van der Waals surface area contributed by atoms with Crippen molar-refractivity contribution < 1.29 is 22.6 Å². The number of benzene rings is 2. The van der Waals surface area contributed by atoms with Crippen molar-refractivity contribution in [2.75, 3.05) is 20.5 Å². The molecule has 0 aromatic heterocycles. The van der Waals surface area contributed by atoms with Crippen LogP contribution in [0.1, 0.15) is 11.5 Å². The third-order valence-corrected chi connectivity index (χ3v) is 7.17. The van der Waals surface area contributed by atoms with Crippen molar-refractivity contribution in [2.45, 2.75) is 21.6 Å². The van der Waals surface area contributed by atoms with Crippen LogP contribution in [0.25, 0.3) is 0 Å². The Labute approximate surface area is 146 Å². The Balaban J connectivity index is 1.74. The molecule has 0 amide bonds. The fraction of sp³-hybridized carbons (Fsp3) is 0.333. The molecule has 1 fully saturated rings. The lowest BCUT2D eigenvalue weighted by Gasteiger charge is -2.11. The Morgan fingerprint density at radius 1 is 1.16 bits per heavy atom. The molecule has 2 aliphatic rings. The number of hydrogen-bond donors (Lipinski definition) is 1. The molecule has 6 nitrogen and oxygen atoms in total. The Hall–Kier alpha value is -2.09. The largest absolute Gasteiger partial charge is 0.454 e. The summed E-state index contributed by atoms with van der Waals surface area (Å²) in [6.45, 7) is 0.323. The lowest BCUT2D eigenvalue weighted by Crippen LogP contribution is -2.35. The number of rotatable bonds is 5. The molecule has 1 saturated carbocycles. The first-order chi connectivity index (χ1) is 12.0. The van der Waals surface area contributed by atoms with Gasteiger partial charge in [0.1, 0.15) is 0 Å². The van der Waals surface area contributed by atoms with E-state index in [1.54, 1.807) is 36.4 Å². The van der Waals surface area contributed by atoms with E-state index in [9.17, 15) is 8.42 Å². The number of hydrogen-bond acceptors (Lipinski definition) is 6. The topological polar surface area (TPSA) is 87.8 Å². The van der Waals surface area contributed by atoms with Crippen LogP contribution in [0.3, 0.4) is 0 Å². The van der Waals surface area contributed by atoms with Crippen LogP contribution in [0, 0.1) is 0 Å². The number of fused-ring (bicyclic) bond motifs is 1. The van der Waals surface area contributed by atoms with E-state index in [-0.39, 0.29) is 24.2 Å². The van der Waals surface area contributed by atoms with Crippen molar-refractivity contribution in [1.82, 2.24) is 0 Å². The van der Waals surface area contributed by atoms with Crippen LogP contribution >= 0.6 is 0 Å². The van der Waals surface area contributed by atoms with E-state index in [1.165, 1.54) is 7.11 Å². The summed E-state index contributed by atoms with van der Waals surface area (Å²) in [5, 5.41) is -0.747. The highest BCUT2D eigenvalue weighted by Crippen LogP contribution is 2.56. The van der Waals surface area contributed by atoms with Crippen molar-refractivity contribution >= 4 is 9.84 Å². The fourth-order valence-electron chi connectivity index (χ4n) is 3.66. The van der Waals surface area contributed by atoms with Gasteiger partial charge in [-0.25, -0.2) is 8.42 Å². The van der Waals surface area contributed by atoms with E-state index in [0.29, 0.717) is 11.5 Å². The molecule has 0 radical (unpaired) electrons. The molecule has 0 bridgehead atoms. The molecule has 3 atom stereocenters. The zero-order valence-electron chi connectivity index (χ0n) is 13.7. The van der Waals surface area contributed by atoms with E-state index in [4.69, 9.17) is 19.9 Å². The van der Waals surface area contributed by atoms with Gasteiger partial charge < -0.3 is 19.9 Å². The molecule has 1 aliphatic carbocycles. The van der Waals surface area contributed by atoms with Crippen LogP contribution in [-0.2, 0) is 14.6 Å². The summed E-state index contributed by atoms with van der Waals surface area (Å²) < 4.78 is 42.2. The Bertz CT molecular complexity index is 899. The first-order valence-electron chi connectivity index (χ1n) is 7.95. The van der Waals surface area contributed by atoms with E-state index >= 15 is 0 Å². The second-order valence-corrected chi connectivity index (χ2v) is 8.48. The number of methoxy groups -OCH3 is 1. The molecule has 7 heteroatoms. The second-order valence-electron chi connectivity index (χ2n) is 6.41. The third kappa shape index (κ3) is 2.50. The number of ether oxygens (including phenoxy) is 3. The molecule has 25 heavy (non-hydrogen) atoms. The van der Waals surface area contributed by atoms with Gasteiger partial charge in [-0.15, -0.1) is 0 Å². The van der Waals surface area contributed by atoms with Crippen LogP contribution in [0.5, 0.6) is 11.5 Å². The summed E-state index contributed by atoms with van der Waals surface area (Å²) in [6, 6.07) is 13.8. The molecule has 0 saturated heterocycles. The minimum atomic E-state index is -3.58. The van der Waals surface area contributed by atoms with Gasteiger partial charge in [0.25, 0.3) is 0 Å². The SMILES string of the molecule is COC[C@]1(N)[C@H](c2ccc3c(c2)OCO3)[C@@H]1S(=O)(=O)c1ccccc1. The minimum absolute atomic E-state index is 0.156. The van der Waals surface area contributed by atoms with Gasteiger partial charge in [-0.3, -0.25) is 0 Å². The summed E-state index contributed by atoms with van der Waals surface area (Å²) in [4.78, 5) is 0.272. The zero-order valence-corrected chi connectivity index (χ0v) is 14.5. The number of sulfone groups is 1. The van der Waals surface area contributed by atoms with Gasteiger partial charge in [-0.2, -0.15) is 0 Å². The van der Waals surface area contributed by atoms with E-state index < -0.39 is 20.6 Å². The van der Waals surface area contributed by atoms with Crippen molar-refractivity contribution in [3.8, 4) is 11.5 Å². The highest BCUT2D eigenvalue weighted by molar-refractivity contribution is 7.92. The van der Waals surface area contributed by atoms with Crippen LogP contribution < -0.4 is 15.2 Å². The summed E-state index contributed by atoms with van der Waals surface area (Å²) >= 11 is 0. The molecule has 2 N–H and O–H groups in total. The van der Waals surface area contributed by atoms with Crippen LogP contribution in [0.15, 0.2) is 53.4 Å². The molecule has 0 spiro atoms. The first kappa shape index (κ1) is 16.4. The maximum absolute atomic E-state index is 13.1.